The van der Waals surface area contributed by atoms with Crippen LogP contribution in [0, 0.1) is 23.7 Å². The van der Waals surface area contributed by atoms with Crippen LogP contribution in [0.15, 0.2) is 34.8 Å². The van der Waals surface area contributed by atoms with E-state index in [0.717, 1.165) is 10.9 Å². The molecule has 2 fully saturated rings. The first-order valence-electron chi connectivity index (χ1n) is 7.96. The average molecular weight is 344 g/mol. The minimum atomic E-state index is 0.256. The van der Waals surface area contributed by atoms with Crippen molar-refractivity contribution in [3.8, 4) is 0 Å². The fourth-order valence-corrected chi connectivity index (χ4v) is 5.80. The van der Waals surface area contributed by atoms with Crippen LogP contribution in [0.25, 0.3) is 0 Å². The molecule has 1 aromatic carbocycles. The maximum absolute atomic E-state index is 13.0. The maximum Gasteiger partial charge on any atom is 0.231 e. The van der Waals surface area contributed by atoms with Crippen LogP contribution >= 0.6 is 15.9 Å². The van der Waals surface area contributed by atoms with Gasteiger partial charge < -0.3 is 4.90 Å². The molecule has 2 nitrogen and oxygen atoms in total. The molecule has 5 rings (SSSR count). The van der Waals surface area contributed by atoms with Crippen molar-refractivity contribution in [3.05, 3.63) is 40.4 Å². The number of amides is 1. The highest BCUT2D eigenvalue weighted by molar-refractivity contribution is 9.10. The molecule has 2 aliphatic heterocycles. The Hall–Kier alpha value is -1.09. The van der Waals surface area contributed by atoms with E-state index in [2.05, 4.69) is 58.1 Å². The van der Waals surface area contributed by atoms with Crippen molar-refractivity contribution in [1.82, 2.24) is 0 Å². The zero-order valence-corrected chi connectivity index (χ0v) is 13.6. The number of halogens is 1. The number of anilines is 1. The zero-order chi connectivity index (χ0) is 14.3. The van der Waals surface area contributed by atoms with Crippen molar-refractivity contribution in [2.24, 2.45) is 23.7 Å². The molecule has 108 valence electrons. The average Bonchev–Trinajstić information content (AvgIpc) is 3.13. The molecule has 1 saturated carbocycles. The quantitative estimate of drug-likeness (QED) is 0.649. The van der Waals surface area contributed by atoms with Gasteiger partial charge >= 0.3 is 0 Å². The van der Waals surface area contributed by atoms with Gasteiger partial charge in [0.25, 0.3) is 0 Å². The Balaban J connectivity index is 1.66. The molecule has 4 aliphatic rings. The number of hydrogen-bond acceptors (Lipinski definition) is 1. The zero-order valence-electron chi connectivity index (χ0n) is 12.0. The molecule has 0 aromatic heterocycles. The lowest BCUT2D eigenvalue weighted by atomic mass is 9.77. The van der Waals surface area contributed by atoms with Crippen molar-refractivity contribution < 1.29 is 4.79 Å². The number of hydrogen-bond donors (Lipinski definition) is 0. The van der Waals surface area contributed by atoms with E-state index in [0.29, 0.717) is 35.6 Å². The lowest BCUT2D eigenvalue weighted by molar-refractivity contribution is -0.121. The van der Waals surface area contributed by atoms with Crippen molar-refractivity contribution in [2.75, 3.05) is 4.90 Å². The van der Waals surface area contributed by atoms with Crippen LogP contribution in [0.2, 0.25) is 0 Å². The van der Waals surface area contributed by atoms with Gasteiger partial charge in [-0.3, -0.25) is 4.79 Å². The molecule has 2 bridgehead atoms. The van der Waals surface area contributed by atoms with Gasteiger partial charge in [0, 0.05) is 16.2 Å². The van der Waals surface area contributed by atoms with Crippen molar-refractivity contribution in [3.63, 3.8) is 0 Å². The van der Waals surface area contributed by atoms with Crippen molar-refractivity contribution >= 4 is 27.5 Å². The van der Waals surface area contributed by atoms with Crippen LogP contribution < -0.4 is 4.90 Å². The van der Waals surface area contributed by atoms with Gasteiger partial charge in [0.1, 0.15) is 0 Å². The van der Waals surface area contributed by atoms with E-state index in [1.165, 1.54) is 17.7 Å². The van der Waals surface area contributed by atoms with E-state index < -0.39 is 0 Å². The number of allylic oxidation sites excluding steroid dienone is 2. The second kappa shape index (κ2) is 4.01. The first-order valence-corrected chi connectivity index (χ1v) is 8.75. The molecule has 0 spiro atoms. The molecular weight excluding hydrogens is 326 g/mol. The molecule has 21 heavy (non-hydrogen) atoms. The molecule has 0 radical (unpaired) electrons. The van der Waals surface area contributed by atoms with Gasteiger partial charge in [-0.15, -0.1) is 0 Å². The summed E-state index contributed by atoms with van der Waals surface area (Å²) in [4.78, 5) is 15.2. The van der Waals surface area contributed by atoms with Gasteiger partial charge in [-0.1, -0.05) is 35.0 Å². The van der Waals surface area contributed by atoms with Crippen LogP contribution in [-0.2, 0) is 4.79 Å². The summed E-state index contributed by atoms with van der Waals surface area (Å²) in [5.74, 6) is 2.89. The van der Waals surface area contributed by atoms with Gasteiger partial charge in [-0.2, -0.15) is 0 Å². The minimum Gasteiger partial charge on any atom is -0.308 e. The summed E-state index contributed by atoms with van der Waals surface area (Å²) in [6.07, 6.45) is 7.01. The molecule has 1 saturated heterocycles. The Bertz CT molecular complexity index is 682. The molecule has 2 heterocycles. The predicted molar refractivity (Wildman–Crippen MR) is 86.2 cm³/mol. The highest BCUT2D eigenvalue weighted by atomic mass is 79.9. The van der Waals surface area contributed by atoms with Gasteiger partial charge in [-0.05, 0) is 60.3 Å². The molecule has 1 amide bonds. The molecule has 2 aliphatic carbocycles. The van der Waals surface area contributed by atoms with Gasteiger partial charge in [-0.25, -0.2) is 0 Å². The van der Waals surface area contributed by atoms with Crippen molar-refractivity contribution in [2.45, 2.75) is 31.7 Å². The summed E-state index contributed by atoms with van der Waals surface area (Å²) in [6, 6.07) is 6.83. The first-order chi connectivity index (χ1) is 10.1. The SMILES string of the molecule is C[C@H]1C[C@@H]2[C@@H]3[C@H](C(=O)N2c2ccc(Br)cc21)[C@@H]1C=C[C@H]3C1. The van der Waals surface area contributed by atoms with E-state index in [1.807, 2.05) is 0 Å². The van der Waals surface area contributed by atoms with Crippen LogP contribution in [0.1, 0.15) is 31.2 Å². The number of carbonyl (C=O) groups is 1. The molecule has 1 aromatic rings. The number of nitrogens with zero attached hydrogens (tertiary/aromatic N) is 1. The fourth-order valence-electron chi connectivity index (χ4n) is 5.42. The number of carbonyl (C=O) groups excluding carboxylic acids is 1. The lowest BCUT2D eigenvalue weighted by Gasteiger charge is -2.38. The third-order valence-electron chi connectivity index (χ3n) is 6.19. The topological polar surface area (TPSA) is 20.3 Å². The summed E-state index contributed by atoms with van der Waals surface area (Å²) in [5, 5.41) is 0. The van der Waals surface area contributed by atoms with E-state index >= 15 is 0 Å². The smallest absolute Gasteiger partial charge is 0.231 e. The number of rotatable bonds is 0. The van der Waals surface area contributed by atoms with Crippen LogP contribution in [-0.4, -0.2) is 11.9 Å². The molecule has 6 atom stereocenters. The second-order valence-electron chi connectivity index (χ2n) is 7.17. The van der Waals surface area contributed by atoms with Crippen LogP contribution in [0.3, 0.4) is 0 Å². The normalized spacial score (nSPS) is 42.2. The number of fused-ring (bicyclic) bond motifs is 9. The summed E-state index contributed by atoms with van der Waals surface area (Å²) in [7, 11) is 0. The first kappa shape index (κ1) is 12.5. The summed E-state index contributed by atoms with van der Waals surface area (Å²) in [5.41, 5.74) is 2.50. The van der Waals surface area contributed by atoms with Gasteiger partial charge in [0.05, 0.1) is 5.92 Å². The fraction of sp³-hybridized carbons (Fsp3) is 0.500. The van der Waals surface area contributed by atoms with Crippen LogP contribution in [0.5, 0.6) is 0 Å². The summed E-state index contributed by atoms with van der Waals surface area (Å²) in [6.45, 7) is 2.31. The maximum atomic E-state index is 13.0. The monoisotopic (exact) mass is 343 g/mol. The van der Waals surface area contributed by atoms with E-state index in [9.17, 15) is 4.79 Å². The Morgan fingerprint density at radius 2 is 2.00 bits per heavy atom. The molecular formula is C18H18BrNO. The third-order valence-corrected chi connectivity index (χ3v) is 6.69. The second-order valence-corrected chi connectivity index (χ2v) is 8.08. The Morgan fingerprint density at radius 3 is 2.86 bits per heavy atom. The lowest BCUT2D eigenvalue weighted by Crippen LogP contribution is -2.41. The van der Waals surface area contributed by atoms with E-state index in [4.69, 9.17) is 0 Å². The molecule has 0 N–H and O–H groups in total. The standard InChI is InChI=1S/C18H18BrNO/c1-9-6-15-16-10-2-3-11(7-10)17(16)18(21)20(15)14-5-4-12(19)8-13(9)14/h2-5,8-11,15-17H,6-7H2,1H3/t9-,10-,11+,15+,16+,17+/m0/s1. The summed E-state index contributed by atoms with van der Waals surface area (Å²) < 4.78 is 1.11. The highest BCUT2D eigenvalue weighted by Crippen LogP contribution is 2.58. The van der Waals surface area contributed by atoms with E-state index in [1.54, 1.807) is 0 Å². The highest BCUT2D eigenvalue weighted by Gasteiger charge is 2.60. The minimum absolute atomic E-state index is 0.256. The summed E-state index contributed by atoms with van der Waals surface area (Å²) >= 11 is 3.57. The van der Waals surface area contributed by atoms with E-state index in [-0.39, 0.29) is 5.92 Å². The van der Waals surface area contributed by atoms with Crippen LogP contribution in [0.4, 0.5) is 5.69 Å². The largest absolute Gasteiger partial charge is 0.308 e. The van der Waals surface area contributed by atoms with Gasteiger partial charge in [0.2, 0.25) is 5.91 Å². The molecule has 0 unspecified atom stereocenters. The molecule has 3 heteroatoms. The third kappa shape index (κ3) is 1.46. The Morgan fingerprint density at radius 1 is 1.19 bits per heavy atom. The Kier molecular flexibility index (Phi) is 2.38. The van der Waals surface area contributed by atoms with Gasteiger partial charge in [0.15, 0.2) is 0 Å². The Labute approximate surface area is 133 Å². The van der Waals surface area contributed by atoms with Crippen molar-refractivity contribution in [1.29, 1.82) is 0 Å². The predicted octanol–water partition coefficient (Wildman–Crippen LogP) is 4.11. The number of benzene rings is 1.